The molecule has 2 heterocycles. The Morgan fingerprint density at radius 3 is 1.24 bits per heavy atom. The Bertz CT molecular complexity index is 1510. The lowest BCUT2D eigenvalue weighted by Crippen LogP contribution is -2.65. The number of ether oxygens (including phenoxy) is 4. The number of unbranched alkanes of at least 4 members (excludes halogenated alkanes) is 33. The molecule has 2 saturated heterocycles. The molecule has 0 aliphatic carbocycles. The lowest BCUT2D eigenvalue weighted by Gasteiger charge is -2.46. The largest absolute Gasteiger partial charge is 0.394 e. The van der Waals surface area contributed by atoms with E-state index in [0.717, 1.165) is 64.2 Å². The van der Waals surface area contributed by atoms with Crippen LogP contribution in [-0.4, -0.2) is 140 Å². The SMILES string of the molecule is CCCCCCCC/C=C\CCCCCCCC(=O)NC(COC1OC(CO)C(OC2OC(CO)C(O)C(O)C2O)C(O)C1O)C(O)/C=C/CC/C=C/CC/C=C/CCCCCCCCCCCCCCCCCCCCCC. The molecule has 0 radical (unpaired) electrons. The van der Waals surface area contributed by atoms with E-state index in [4.69, 9.17) is 18.9 Å². The van der Waals surface area contributed by atoms with Crippen LogP contribution in [0.1, 0.15) is 264 Å². The third-order valence-corrected chi connectivity index (χ3v) is 15.7. The second-order valence-corrected chi connectivity index (χ2v) is 22.9. The summed E-state index contributed by atoms with van der Waals surface area (Å²) in [7, 11) is 0. The lowest BCUT2D eigenvalue weighted by molar-refractivity contribution is -0.359. The van der Waals surface area contributed by atoms with Crippen LogP contribution < -0.4 is 5.32 Å². The van der Waals surface area contributed by atoms with Crippen LogP contribution in [0.2, 0.25) is 0 Å². The Balaban J connectivity index is 1.72. The van der Waals surface area contributed by atoms with E-state index in [1.54, 1.807) is 6.08 Å². The summed E-state index contributed by atoms with van der Waals surface area (Å²) >= 11 is 0. The number of aliphatic hydroxyl groups excluding tert-OH is 8. The topological polar surface area (TPSA) is 228 Å². The average Bonchev–Trinajstić information content (AvgIpc) is 3.47. The quantitative estimate of drug-likeness (QED) is 0.0204. The molecule has 0 aromatic carbocycles. The normalized spacial score (nSPS) is 24.7. The molecule has 79 heavy (non-hydrogen) atoms. The van der Waals surface area contributed by atoms with Gasteiger partial charge in [0.05, 0.1) is 32.0 Å². The standard InChI is InChI=1S/C65H119NO13/c1-3-5-7-9-11-13-15-17-19-20-21-22-23-24-25-26-27-28-29-30-31-32-33-35-36-38-40-42-44-46-48-54(69)53(66-57(70)49-47-45-43-41-39-37-34-18-16-14-12-10-8-6-4-2)52-76-64-62(75)60(73)63(56(51-68)78-64)79-65-61(74)59(72)58(71)55(50-67)77-65/h18,32-34,38,40,46,48,53-56,58-65,67-69,71-75H,3-17,19-31,35-37,39,41-45,47,49-52H2,1-2H3,(H,66,70)/b33-32+,34-18-,40-38+,48-46+. The van der Waals surface area contributed by atoms with Gasteiger partial charge in [0, 0.05) is 6.42 Å². The highest BCUT2D eigenvalue weighted by atomic mass is 16.7. The van der Waals surface area contributed by atoms with E-state index in [1.165, 1.54) is 167 Å². The van der Waals surface area contributed by atoms with Gasteiger partial charge in [-0.25, -0.2) is 0 Å². The smallest absolute Gasteiger partial charge is 0.220 e. The molecule has 0 spiro atoms. The van der Waals surface area contributed by atoms with Crippen molar-refractivity contribution in [2.24, 2.45) is 0 Å². The number of allylic oxidation sites excluding steroid dienone is 7. The van der Waals surface area contributed by atoms with Crippen molar-refractivity contribution in [1.29, 1.82) is 0 Å². The zero-order valence-electron chi connectivity index (χ0n) is 49.9. The number of hydrogen-bond acceptors (Lipinski definition) is 13. The van der Waals surface area contributed by atoms with Crippen molar-refractivity contribution in [2.45, 2.75) is 338 Å². The molecule has 0 aromatic rings. The predicted octanol–water partition coefficient (Wildman–Crippen LogP) is 12.0. The highest BCUT2D eigenvalue weighted by molar-refractivity contribution is 5.76. The Hall–Kier alpha value is -2.05. The molecule has 2 aliphatic rings. The number of aliphatic hydroxyl groups is 8. The molecule has 2 fully saturated rings. The van der Waals surface area contributed by atoms with E-state index in [-0.39, 0.29) is 18.9 Å². The molecule has 12 unspecified atom stereocenters. The maximum Gasteiger partial charge on any atom is 0.220 e. The Labute approximate surface area is 480 Å². The van der Waals surface area contributed by atoms with Gasteiger partial charge >= 0.3 is 0 Å². The minimum atomic E-state index is -1.79. The highest BCUT2D eigenvalue weighted by Crippen LogP contribution is 2.30. The first-order valence-electron chi connectivity index (χ1n) is 32.4. The lowest BCUT2D eigenvalue weighted by atomic mass is 9.97. The van der Waals surface area contributed by atoms with Crippen molar-refractivity contribution in [3.8, 4) is 0 Å². The fourth-order valence-corrected chi connectivity index (χ4v) is 10.5. The van der Waals surface area contributed by atoms with Crippen LogP contribution in [0, 0.1) is 0 Å². The molecule has 0 aromatic heterocycles. The van der Waals surface area contributed by atoms with Crippen LogP contribution in [0.4, 0.5) is 0 Å². The molecule has 0 saturated carbocycles. The van der Waals surface area contributed by atoms with Crippen molar-refractivity contribution in [2.75, 3.05) is 19.8 Å². The molecule has 1 amide bonds. The van der Waals surface area contributed by atoms with E-state index in [0.29, 0.717) is 12.8 Å². The van der Waals surface area contributed by atoms with Crippen molar-refractivity contribution in [1.82, 2.24) is 5.32 Å². The number of rotatable bonds is 52. The minimum Gasteiger partial charge on any atom is -0.394 e. The maximum absolute atomic E-state index is 13.2. The van der Waals surface area contributed by atoms with E-state index in [1.807, 2.05) is 6.08 Å². The molecular weight excluding hydrogens is 1000 g/mol. The Kier molecular flexibility index (Phi) is 46.7. The van der Waals surface area contributed by atoms with Crippen LogP contribution in [0.5, 0.6) is 0 Å². The van der Waals surface area contributed by atoms with E-state index >= 15 is 0 Å². The summed E-state index contributed by atoms with van der Waals surface area (Å²) in [6.07, 6.45) is 47.5. The summed E-state index contributed by atoms with van der Waals surface area (Å²) in [4.78, 5) is 13.2. The van der Waals surface area contributed by atoms with Crippen LogP contribution in [-0.2, 0) is 23.7 Å². The van der Waals surface area contributed by atoms with Crippen molar-refractivity contribution in [3.05, 3.63) is 48.6 Å². The molecule has 12 atom stereocenters. The van der Waals surface area contributed by atoms with Crippen molar-refractivity contribution < 1.29 is 64.6 Å². The van der Waals surface area contributed by atoms with Gasteiger partial charge in [-0.2, -0.15) is 0 Å². The summed E-state index contributed by atoms with van der Waals surface area (Å²) in [5.41, 5.74) is 0. The summed E-state index contributed by atoms with van der Waals surface area (Å²) in [6, 6.07) is -0.943. The van der Waals surface area contributed by atoms with Gasteiger partial charge in [-0.1, -0.05) is 236 Å². The van der Waals surface area contributed by atoms with Crippen molar-refractivity contribution >= 4 is 5.91 Å². The van der Waals surface area contributed by atoms with Crippen LogP contribution in [0.15, 0.2) is 48.6 Å². The predicted molar refractivity (Wildman–Crippen MR) is 318 cm³/mol. The van der Waals surface area contributed by atoms with Crippen molar-refractivity contribution in [3.63, 3.8) is 0 Å². The van der Waals surface area contributed by atoms with Crippen LogP contribution in [0.25, 0.3) is 0 Å². The molecule has 462 valence electrons. The number of amides is 1. The first-order valence-corrected chi connectivity index (χ1v) is 32.4. The number of hydrogen-bond donors (Lipinski definition) is 9. The molecule has 14 nitrogen and oxygen atoms in total. The van der Waals surface area contributed by atoms with Gasteiger partial charge in [-0.3, -0.25) is 4.79 Å². The minimum absolute atomic E-state index is 0.259. The second kappa shape index (κ2) is 50.5. The van der Waals surface area contributed by atoms with Gasteiger partial charge < -0.3 is 65.1 Å². The summed E-state index contributed by atoms with van der Waals surface area (Å²) < 4.78 is 22.8. The zero-order chi connectivity index (χ0) is 57.4. The molecular formula is C65H119NO13. The van der Waals surface area contributed by atoms with E-state index in [2.05, 4.69) is 55.6 Å². The molecule has 14 heteroatoms. The molecule has 2 rings (SSSR count). The van der Waals surface area contributed by atoms with Gasteiger partial charge in [0.1, 0.15) is 48.8 Å². The molecule has 2 aliphatic heterocycles. The Morgan fingerprint density at radius 1 is 0.443 bits per heavy atom. The number of carbonyl (C=O) groups excluding carboxylic acids is 1. The monoisotopic (exact) mass is 1120 g/mol. The Morgan fingerprint density at radius 2 is 0.810 bits per heavy atom. The number of nitrogens with one attached hydrogen (secondary N) is 1. The van der Waals surface area contributed by atoms with Gasteiger partial charge in [0.2, 0.25) is 5.91 Å². The van der Waals surface area contributed by atoms with Crippen LogP contribution in [0.3, 0.4) is 0 Å². The fourth-order valence-electron chi connectivity index (χ4n) is 10.5. The fraction of sp³-hybridized carbons (Fsp3) is 0.862. The summed E-state index contributed by atoms with van der Waals surface area (Å²) in [5, 5.41) is 87.1. The van der Waals surface area contributed by atoms with E-state index in [9.17, 15) is 45.6 Å². The maximum atomic E-state index is 13.2. The molecule has 9 N–H and O–H groups in total. The summed E-state index contributed by atoms with van der Waals surface area (Å²) in [5.74, 6) is -0.261. The highest BCUT2D eigenvalue weighted by Gasteiger charge is 2.51. The first-order chi connectivity index (χ1) is 38.6. The van der Waals surface area contributed by atoms with Gasteiger partial charge in [0.25, 0.3) is 0 Å². The first kappa shape index (κ1) is 73.1. The zero-order valence-corrected chi connectivity index (χ0v) is 49.9. The van der Waals surface area contributed by atoms with E-state index < -0.39 is 86.8 Å². The van der Waals surface area contributed by atoms with Gasteiger partial charge in [0.15, 0.2) is 12.6 Å². The molecule has 0 bridgehead atoms. The second-order valence-electron chi connectivity index (χ2n) is 22.9. The van der Waals surface area contributed by atoms with Gasteiger partial charge in [-0.15, -0.1) is 0 Å². The van der Waals surface area contributed by atoms with Crippen LogP contribution >= 0.6 is 0 Å². The summed E-state index contributed by atoms with van der Waals surface area (Å²) in [6.45, 7) is 2.78. The third-order valence-electron chi connectivity index (χ3n) is 15.7. The third kappa shape index (κ3) is 35.6. The van der Waals surface area contributed by atoms with Gasteiger partial charge in [-0.05, 0) is 70.6 Å². The average molecular weight is 1120 g/mol. The number of carbonyl (C=O) groups is 1.